The second-order valence-corrected chi connectivity index (χ2v) is 5.48. The Balaban J connectivity index is 1.98. The van der Waals surface area contributed by atoms with Crippen LogP contribution < -0.4 is 14.8 Å². The molecule has 0 aliphatic carbocycles. The van der Waals surface area contributed by atoms with Crippen molar-refractivity contribution in [1.29, 1.82) is 0 Å². The van der Waals surface area contributed by atoms with Crippen LogP contribution in [0.2, 0.25) is 0 Å². The van der Waals surface area contributed by atoms with Gasteiger partial charge in [-0.2, -0.15) is 0 Å². The molecule has 0 bridgehead atoms. The molecule has 1 N–H and O–H groups in total. The maximum Gasteiger partial charge on any atom is 0.265 e. The van der Waals surface area contributed by atoms with Gasteiger partial charge in [-0.05, 0) is 69.2 Å². The van der Waals surface area contributed by atoms with Gasteiger partial charge in [-0.1, -0.05) is 12.1 Å². The summed E-state index contributed by atoms with van der Waals surface area (Å²) in [5, 5.41) is 2.85. The lowest BCUT2D eigenvalue weighted by Gasteiger charge is -2.17. The number of benzene rings is 2. The molecule has 0 heterocycles. The van der Waals surface area contributed by atoms with Gasteiger partial charge < -0.3 is 14.8 Å². The molecule has 2 aromatic carbocycles. The number of anilines is 1. The van der Waals surface area contributed by atoms with Gasteiger partial charge in [0.2, 0.25) is 0 Å². The molecule has 2 aromatic rings. The summed E-state index contributed by atoms with van der Waals surface area (Å²) in [5.74, 6) is 1.33. The summed E-state index contributed by atoms with van der Waals surface area (Å²) >= 11 is 0. The van der Waals surface area contributed by atoms with Crippen molar-refractivity contribution in [2.45, 2.75) is 33.8 Å². The molecule has 0 aromatic heterocycles. The fraction of sp³-hybridized carbons (Fsp3) is 0.316. The molecule has 0 aliphatic rings. The van der Waals surface area contributed by atoms with Crippen LogP contribution in [-0.2, 0) is 4.79 Å². The smallest absolute Gasteiger partial charge is 0.265 e. The molecule has 122 valence electrons. The number of hydrogen-bond donors (Lipinski definition) is 1. The summed E-state index contributed by atoms with van der Waals surface area (Å²) in [7, 11) is 0. The Labute approximate surface area is 137 Å². The SMILES string of the molecule is CCOc1ccc(NC(=O)[C@H](C)Oc2cc(C)ccc2C)cc1. The van der Waals surface area contributed by atoms with Crippen LogP contribution in [0, 0.1) is 13.8 Å². The maximum atomic E-state index is 12.3. The molecular weight excluding hydrogens is 290 g/mol. The largest absolute Gasteiger partial charge is 0.494 e. The van der Waals surface area contributed by atoms with E-state index in [1.807, 2.05) is 63.2 Å². The average molecular weight is 313 g/mol. The number of carbonyl (C=O) groups excluding carboxylic acids is 1. The van der Waals surface area contributed by atoms with E-state index in [1.165, 1.54) is 0 Å². The van der Waals surface area contributed by atoms with E-state index in [0.29, 0.717) is 6.61 Å². The van der Waals surface area contributed by atoms with Gasteiger partial charge >= 0.3 is 0 Å². The van der Waals surface area contributed by atoms with Gasteiger partial charge in [0.15, 0.2) is 6.10 Å². The van der Waals surface area contributed by atoms with Crippen LogP contribution in [0.3, 0.4) is 0 Å². The lowest BCUT2D eigenvalue weighted by molar-refractivity contribution is -0.122. The molecular formula is C19H23NO3. The minimum absolute atomic E-state index is 0.185. The Morgan fingerprint density at radius 3 is 2.48 bits per heavy atom. The molecule has 0 spiro atoms. The molecule has 0 radical (unpaired) electrons. The second-order valence-electron chi connectivity index (χ2n) is 5.48. The molecule has 0 aliphatic heterocycles. The fourth-order valence-corrected chi connectivity index (χ4v) is 2.12. The van der Waals surface area contributed by atoms with Crippen molar-refractivity contribution in [3.8, 4) is 11.5 Å². The molecule has 1 atom stereocenters. The highest BCUT2D eigenvalue weighted by Gasteiger charge is 2.16. The topological polar surface area (TPSA) is 47.6 Å². The molecule has 2 rings (SSSR count). The first kappa shape index (κ1) is 16.9. The van der Waals surface area contributed by atoms with Crippen molar-refractivity contribution >= 4 is 11.6 Å². The van der Waals surface area contributed by atoms with E-state index in [1.54, 1.807) is 6.92 Å². The Bertz CT molecular complexity index is 665. The van der Waals surface area contributed by atoms with E-state index in [0.717, 1.165) is 28.3 Å². The monoisotopic (exact) mass is 313 g/mol. The van der Waals surface area contributed by atoms with Crippen molar-refractivity contribution in [2.75, 3.05) is 11.9 Å². The molecule has 1 amide bonds. The molecule has 0 unspecified atom stereocenters. The van der Waals surface area contributed by atoms with E-state index in [9.17, 15) is 4.79 Å². The Morgan fingerprint density at radius 2 is 1.83 bits per heavy atom. The number of hydrogen-bond acceptors (Lipinski definition) is 3. The Kier molecular flexibility index (Phi) is 5.63. The highest BCUT2D eigenvalue weighted by Crippen LogP contribution is 2.21. The van der Waals surface area contributed by atoms with Gasteiger partial charge in [0.1, 0.15) is 11.5 Å². The van der Waals surface area contributed by atoms with Gasteiger partial charge in [0.05, 0.1) is 6.61 Å². The minimum atomic E-state index is -0.581. The van der Waals surface area contributed by atoms with E-state index in [2.05, 4.69) is 5.32 Å². The van der Waals surface area contributed by atoms with Gasteiger partial charge in [0, 0.05) is 5.69 Å². The summed E-state index contributed by atoms with van der Waals surface area (Å²) in [5.41, 5.74) is 2.83. The quantitative estimate of drug-likeness (QED) is 0.873. The molecule has 23 heavy (non-hydrogen) atoms. The summed E-state index contributed by atoms with van der Waals surface area (Å²) in [6.07, 6.45) is -0.581. The first-order chi connectivity index (χ1) is 11.0. The molecule has 0 saturated carbocycles. The van der Waals surface area contributed by atoms with Gasteiger partial charge in [-0.3, -0.25) is 4.79 Å². The highest BCUT2D eigenvalue weighted by molar-refractivity contribution is 5.94. The fourth-order valence-electron chi connectivity index (χ4n) is 2.12. The predicted molar refractivity (Wildman–Crippen MR) is 92.2 cm³/mol. The highest BCUT2D eigenvalue weighted by atomic mass is 16.5. The lowest BCUT2D eigenvalue weighted by Crippen LogP contribution is -2.30. The first-order valence-electron chi connectivity index (χ1n) is 7.77. The third-order valence-corrected chi connectivity index (χ3v) is 3.45. The number of ether oxygens (including phenoxy) is 2. The van der Waals surface area contributed by atoms with Gasteiger partial charge in [-0.15, -0.1) is 0 Å². The number of rotatable bonds is 6. The second kappa shape index (κ2) is 7.68. The van der Waals surface area contributed by atoms with Gasteiger partial charge in [0.25, 0.3) is 5.91 Å². The Morgan fingerprint density at radius 1 is 1.13 bits per heavy atom. The number of aryl methyl sites for hydroxylation is 2. The summed E-state index contributed by atoms with van der Waals surface area (Å²) in [6.45, 7) is 8.25. The minimum Gasteiger partial charge on any atom is -0.494 e. The maximum absolute atomic E-state index is 12.3. The van der Waals surface area contributed by atoms with Crippen LogP contribution in [0.15, 0.2) is 42.5 Å². The van der Waals surface area contributed by atoms with Crippen LogP contribution in [0.4, 0.5) is 5.69 Å². The van der Waals surface area contributed by atoms with Crippen molar-refractivity contribution < 1.29 is 14.3 Å². The average Bonchev–Trinajstić information content (AvgIpc) is 2.53. The van der Waals surface area contributed by atoms with Crippen LogP contribution in [0.25, 0.3) is 0 Å². The van der Waals surface area contributed by atoms with Crippen molar-refractivity contribution in [3.63, 3.8) is 0 Å². The van der Waals surface area contributed by atoms with Crippen molar-refractivity contribution in [2.24, 2.45) is 0 Å². The Hall–Kier alpha value is -2.49. The molecule has 4 nitrogen and oxygen atoms in total. The van der Waals surface area contributed by atoms with Crippen LogP contribution >= 0.6 is 0 Å². The zero-order valence-corrected chi connectivity index (χ0v) is 14.1. The number of nitrogens with one attached hydrogen (secondary N) is 1. The van der Waals surface area contributed by atoms with Crippen molar-refractivity contribution in [3.05, 3.63) is 53.6 Å². The predicted octanol–water partition coefficient (Wildman–Crippen LogP) is 4.11. The normalized spacial score (nSPS) is 11.7. The van der Waals surface area contributed by atoms with Gasteiger partial charge in [-0.25, -0.2) is 0 Å². The molecule has 0 saturated heterocycles. The number of carbonyl (C=O) groups is 1. The van der Waals surface area contributed by atoms with Crippen molar-refractivity contribution in [1.82, 2.24) is 0 Å². The standard InChI is InChI=1S/C19H23NO3/c1-5-22-17-10-8-16(9-11-17)20-19(21)15(4)23-18-12-13(2)6-7-14(18)3/h6-12,15H,5H2,1-4H3,(H,20,21)/t15-/m0/s1. The molecule has 4 heteroatoms. The van der Waals surface area contributed by atoms with E-state index in [-0.39, 0.29) is 5.91 Å². The first-order valence-corrected chi connectivity index (χ1v) is 7.77. The van der Waals surface area contributed by atoms with E-state index in [4.69, 9.17) is 9.47 Å². The van der Waals surface area contributed by atoms with Crippen LogP contribution in [-0.4, -0.2) is 18.6 Å². The lowest BCUT2D eigenvalue weighted by atomic mass is 10.1. The zero-order chi connectivity index (χ0) is 16.8. The van der Waals surface area contributed by atoms with Crippen LogP contribution in [0.1, 0.15) is 25.0 Å². The molecule has 0 fully saturated rings. The third-order valence-electron chi connectivity index (χ3n) is 3.45. The van der Waals surface area contributed by atoms with E-state index < -0.39 is 6.10 Å². The number of amides is 1. The summed E-state index contributed by atoms with van der Waals surface area (Å²) in [6, 6.07) is 13.2. The summed E-state index contributed by atoms with van der Waals surface area (Å²) in [4.78, 5) is 12.3. The summed E-state index contributed by atoms with van der Waals surface area (Å²) < 4.78 is 11.2. The zero-order valence-electron chi connectivity index (χ0n) is 14.1. The third kappa shape index (κ3) is 4.74. The van der Waals surface area contributed by atoms with Crippen LogP contribution in [0.5, 0.6) is 11.5 Å². The van der Waals surface area contributed by atoms with E-state index >= 15 is 0 Å².